The number of rotatable bonds is 6. The number of aromatic nitrogens is 6. The van der Waals surface area contributed by atoms with Gasteiger partial charge in [-0.25, -0.2) is 19.3 Å². The topological polar surface area (TPSA) is 106 Å². The van der Waals surface area contributed by atoms with Crippen molar-refractivity contribution >= 4 is 23.4 Å². The maximum Gasteiger partial charge on any atom is 0.227 e. The van der Waals surface area contributed by atoms with E-state index in [4.69, 9.17) is 4.74 Å². The van der Waals surface area contributed by atoms with Crippen LogP contribution < -0.4 is 15.5 Å². The molecule has 1 atom stereocenters. The maximum absolute atomic E-state index is 15.2. The van der Waals surface area contributed by atoms with E-state index >= 15 is 4.39 Å². The molecule has 30 heavy (non-hydrogen) atoms. The molecule has 2 N–H and O–H groups in total. The molecule has 0 aromatic carbocycles. The molecule has 1 saturated heterocycles. The maximum atomic E-state index is 15.2. The van der Waals surface area contributed by atoms with E-state index in [0.29, 0.717) is 37.9 Å². The Labute approximate surface area is 171 Å². The lowest BCUT2D eigenvalue weighted by Crippen LogP contribution is -2.37. The van der Waals surface area contributed by atoms with Gasteiger partial charge in [0.1, 0.15) is 11.6 Å². The molecule has 4 heterocycles. The van der Waals surface area contributed by atoms with Crippen LogP contribution >= 0.6 is 0 Å². The highest BCUT2D eigenvalue weighted by Crippen LogP contribution is 2.28. The van der Waals surface area contributed by atoms with Crippen molar-refractivity contribution in [3.63, 3.8) is 0 Å². The summed E-state index contributed by atoms with van der Waals surface area (Å²) in [5.41, 5.74) is 0. The van der Waals surface area contributed by atoms with Crippen molar-refractivity contribution in [3.8, 4) is 0 Å². The van der Waals surface area contributed by atoms with Crippen molar-refractivity contribution in [1.82, 2.24) is 29.5 Å². The van der Waals surface area contributed by atoms with Crippen LogP contribution in [0.2, 0.25) is 0 Å². The van der Waals surface area contributed by atoms with Crippen LogP contribution in [-0.4, -0.2) is 55.8 Å². The summed E-state index contributed by atoms with van der Waals surface area (Å²) in [4.78, 5) is 22.5. The molecule has 3 aromatic rings. The molecule has 0 radical (unpaired) electrons. The minimum atomic E-state index is -0.584. The molecule has 0 saturated carbocycles. The van der Waals surface area contributed by atoms with Gasteiger partial charge in [0.25, 0.3) is 0 Å². The monoisotopic (exact) mass is 417 g/mol. The van der Waals surface area contributed by atoms with Gasteiger partial charge in [0, 0.05) is 26.3 Å². The van der Waals surface area contributed by atoms with Crippen LogP contribution in [0.4, 0.5) is 32.2 Å². The third-order valence-electron chi connectivity index (χ3n) is 4.47. The number of ether oxygens (including phenoxy) is 1. The Morgan fingerprint density at radius 1 is 1.10 bits per heavy atom. The van der Waals surface area contributed by atoms with E-state index in [0.717, 1.165) is 12.4 Å². The first-order valence-electron chi connectivity index (χ1n) is 9.39. The normalized spacial score (nSPS) is 15.1. The predicted molar refractivity (Wildman–Crippen MR) is 106 cm³/mol. The van der Waals surface area contributed by atoms with E-state index in [-0.39, 0.29) is 17.6 Å². The Balaban J connectivity index is 1.65. The molecule has 0 unspecified atom stereocenters. The molecule has 1 fully saturated rings. The highest BCUT2D eigenvalue weighted by atomic mass is 19.1. The van der Waals surface area contributed by atoms with Gasteiger partial charge in [-0.2, -0.15) is 14.4 Å². The molecule has 12 heteroatoms. The number of morpholine rings is 1. The highest BCUT2D eigenvalue weighted by Gasteiger charge is 2.23. The van der Waals surface area contributed by atoms with E-state index in [2.05, 4.69) is 35.6 Å². The zero-order chi connectivity index (χ0) is 21.1. The number of hydrogen-bond donors (Lipinski definition) is 2. The molecular weight excluding hydrogens is 396 g/mol. The van der Waals surface area contributed by atoms with Crippen LogP contribution in [0, 0.1) is 11.6 Å². The van der Waals surface area contributed by atoms with Crippen molar-refractivity contribution in [3.05, 3.63) is 42.4 Å². The number of aryl methyl sites for hydroxylation is 1. The first-order chi connectivity index (χ1) is 14.5. The van der Waals surface area contributed by atoms with E-state index in [1.165, 1.54) is 0 Å². The molecule has 10 nitrogen and oxygen atoms in total. The summed E-state index contributed by atoms with van der Waals surface area (Å²) in [6.07, 6.45) is 5.47. The minimum Gasteiger partial charge on any atom is -0.378 e. The Morgan fingerprint density at radius 3 is 2.50 bits per heavy atom. The van der Waals surface area contributed by atoms with Crippen molar-refractivity contribution in [2.75, 3.05) is 41.8 Å². The quantitative estimate of drug-likeness (QED) is 0.623. The van der Waals surface area contributed by atoms with Crippen LogP contribution in [0.25, 0.3) is 0 Å². The molecule has 4 rings (SSSR count). The van der Waals surface area contributed by atoms with Crippen molar-refractivity contribution in [1.29, 1.82) is 0 Å². The van der Waals surface area contributed by atoms with Gasteiger partial charge in [-0.15, -0.1) is 0 Å². The third-order valence-corrected chi connectivity index (χ3v) is 4.47. The Kier molecular flexibility index (Phi) is 5.65. The fourth-order valence-electron chi connectivity index (χ4n) is 2.97. The lowest BCUT2D eigenvalue weighted by Gasteiger charge is -2.28. The van der Waals surface area contributed by atoms with Crippen molar-refractivity contribution in [2.45, 2.75) is 13.0 Å². The third kappa shape index (κ3) is 4.43. The fourth-order valence-corrected chi connectivity index (χ4v) is 2.97. The first-order valence-corrected chi connectivity index (χ1v) is 9.39. The Bertz CT molecular complexity index is 1010. The van der Waals surface area contributed by atoms with Crippen LogP contribution in [-0.2, 0) is 11.8 Å². The van der Waals surface area contributed by atoms with Gasteiger partial charge in [0.05, 0.1) is 38.0 Å². The second kappa shape index (κ2) is 8.53. The molecule has 1 aliphatic rings. The summed E-state index contributed by atoms with van der Waals surface area (Å²) in [5, 5.41) is 5.95. The molecule has 1 aliphatic heterocycles. The second-order valence-electron chi connectivity index (χ2n) is 6.81. The number of imidazole rings is 1. The largest absolute Gasteiger partial charge is 0.378 e. The summed E-state index contributed by atoms with van der Waals surface area (Å²) in [5.74, 6) is 0.0118. The minimum absolute atomic E-state index is 0.0140. The molecule has 0 bridgehead atoms. The molecule has 0 spiro atoms. The van der Waals surface area contributed by atoms with Crippen LogP contribution in [0.3, 0.4) is 0 Å². The van der Waals surface area contributed by atoms with Crippen LogP contribution in [0.15, 0.2) is 24.9 Å². The van der Waals surface area contributed by atoms with E-state index in [1.54, 1.807) is 28.9 Å². The fraction of sp³-hybridized carbons (Fsp3) is 0.389. The predicted octanol–water partition coefficient (Wildman–Crippen LogP) is 2.03. The van der Waals surface area contributed by atoms with Crippen LogP contribution in [0.1, 0.15) is 18.8 Å². The van der Waals surface area contributed by atoms with Crippen molar-refractivity contribution < 1.29 is 13.5 Å². The van der Waals surface area contributed by atoms with Gasteiger partial charge < -0.3 is 24.8 Å². The standard InChI is InChI=1S/C18H21F2N9O/c1-11(15-21-7-12(19)8-22-15)24-18-26-16(25-13-9-28(2)10-23-13)14(20)17(27-18)29-3-5-30-6-4-29/h7-11H,3-6H2,1-2H3,(H2,24,25,26,27)/t11-/m0/s1. The van der Waals surface area contributed by atoms with E-state index in [9.17, 15) is 4.39 Å². The average Bonchev–Trinajstić information content (AvgIpc) is 3.16. The Morgan fingerprint density at radius 2 is 1.83 bits per heavy atom. The summed E-state index contributed by atoms with van der Waals surface area (Å²) in [7, 11) is 1.81. The van der Waals surface area contributed by atoms with Crippen molar-refractivity contribution in [2.24, 2.45) is 7.05 Å². The average molecular weight is 417 g/mol. The lowest BCUT2D eigenvalue weighted by molar-refractivity contribution is 0.122. The zero-order valence-corrected chi connectivity index (χ0v) is 16.5. The highest BCUT2D eigenvalue weighted by molar-refractivity contribution is 5.61. The summed E-state index contributed by atoms with van der Waals surface area (Å²) >= 11 is 0. The van der Waals surface area contributed by atoms with Gasteiger partial charge in [-0.3, -0.25) is 0 Å². The summed E-state index contributed by atoms with van der Waals surface area (Å²) in [6.45, 7) is 3.75. The van der Waals surface area contributed by atoms with Gasteiger partial charge >= 0.3 is 0 Å². The SMILES string of the molecule is C[C@H](Nc1nc(Nc2cn(C)cn2)c(F)c(N2CCOCC2)n1)c1ncc(F)cn1. The summed E-state index contributed by atoms with van der Waals surface area (Å²) in [6, 6.07) is -0.434. The number of nitrogens with zero attached hydrogens (tertiary/aromatic N) is 7. The molecule has 0 aliphatic carbocycles. The zero-order valence-electron chi connectivity index (χ0n) is 16.5. The number of anilines is 4. The van der Waals surface area contributed by atoms with Gasteiger partial charge in [0.15, 0.2) is 17.5 Å². The van der Waals surface area contributed by atoms with E-state index < -0.39 is 17.7 Å². The molecular formula is C18H21F2N9O. The van der Waals surface area contributed by atoms with Gasteiger partial charge in [0.2, 0.25) is 11.8 Å². The number of nitrogens with one attached hydrogen (secondary N) is 2. The lowest BCUT2D eigenvalue weighted by atomic mass is 10.3. The molecule has 3 aromatic heterocycles. The second-order valence-corrected chi connectivity index (χ2v) is 6.81. The molecule has 158 valence electrons. The summed E-state index contributed by atoms with van der Waals surface area (Å²) < 4.78 is 35.4. The number of hydrogen-bond acceptors (Lipinski definition) is 9. The van der Waals surface area contributed by atoms with Crippen LogP contribution in [0.5, 0.6) is 0 Å². The molecule has 0 amide bonds. The Hall–Kier alpha value is -3.41. The smallest absolute Gasteiger partial charge is 0.227 e. The van der Waals surface area contributed by atoms with E-state index in [1.807, 2.05) is 7.05 Å². The number of halogens is 2. The van der Waals surface area contributed by atoms with Gasteiger partial charge in [-0.1, -0.05) is 0 Å². The first kappa shape index (κ1) is 19.9. The van der Waals surface area contributed by atoms with Gasteiger partial charge in [-0.05, 0) is 6.92 Å².